The molecular formula is C19H26N4O2S. The normalized spacial score (nSPS) is 25.6. The summed E-state index contributed by atoms with van der Waals surface area (Å²) in [5, 5.41) is 0.725. The number of carbonyl (C=O) groups is 1. The predicted octanol–water partition coefficient (Wildman–Crippen LogP) is 2.83. The molecular weight excluding hydrogens is 348 g/mol. The van der Waals surface area contributed by atoms with Crippen LogP contribution in [0.4, 0.5) is 0 Å². The van der Waals surface area contributed by atoms with Gasteiger partial charge in [-0.3, -0.25) is 14.7 Å². The largest absolute Gasteiger partial charge is 0.463 e. The highest BCUT2D eigenvalue weighted by atomic mass is 32.2. The van der Waals surface area contributed by atoms with E-state index >= 15 is 0 Å². The van der Waals surface area contributed by atoms with Crippen LogP contribution in [-0.2, 0) is 9.53 Å². The van der Waals surface area contributed by atoms with Gasteiger partial charge < -0.3 is 9.64 Å². The first-order valence-corrected chi connectivity index (χ1v) is 10.5. The fourth-order valence-electron chi connectivity index (χ4n) is 4.00. The van der Waals surface area contributed by atoms with Crippen molar-refractivity contribution in [3.05, 3.63) is 23.5 Å². The highest BCUT2D eigenvalue weighted by Crippen LogP contribution is 2.33. The molecule has 0 aromatic carbocycles. The molecule has 3 aliphatic heterocycles. The number of nitrogens with one attached hydrogen (secondary N) is 1. The lowest BCUT2D eigenvalue weighted by molar-refractivity contribution is -0.138. The number of rotatable bonds is 6. The van der Waals surface area contributed by atoms with Crippen LogP contribution in [0.3, 0.4) is 0 Å². The van der Waals surface area contributed by atoms with Crippen molar-refractivity contribution < 1.29 is 9.53 Å². The van der Waals surface area contributed by atoms with Crippen LogP contribution in [0.5, 0.6) is 0 Å². The van der Waals surface area contributed by atoms with Gasteiger partial charge in [0, 0.05) is 42.6 Å². The summed E-state index contributed by atoms with van der Waals surface area (Å²) < 4.78 is 8.93. The molecule has 4 aliphatic rings. The van der Waals surface area contributed by atoms with Gasteiger partial charge in [-0.2, -0.15) is 0 Å². The molecule has 3 heterocycles. The Kier molecular flexibility index (Phi) is 5.45. The van der Waals surface area contributed by atoms with Gasteiger partial charge in [-0.15, -0.1) is 0 Å². The van der Waals surface area contributed by atoms with E-state index in [1.165, 1.54) is 25.7 Å². The minimum Gasteiger partial charge on any atom is -0.463 e. The Bertz CT molecular complexity index is 692. The smallest absolute Gasteiger partial charge is 0.337 e. The number of nitrogens with zero attached hydrogens (tertiary/aromatic N) is 3. The van der Waals surface area contributed by atoms with E-state index in [4.69, 9.17) is 4.74 Å². The van der Waals surface area contributed by atoms with Crippen LogP contribution in [0, 0.1) is 0 Å². The Labute approximate surface area is 159 Å². The van der Waals surface area contributed by atoms with Gasteiger partial charge in [-0.05, 0) is 19.8 Å². The maximum absolute atomic E-state index is 12.4. The lowest BCUT2D eigenvalue weighted by atomic mass is 10.1. The van der Waals surface area contributed by atoms with Crippen LogP contribution >= 0.6 is 11.9 Å². The summed E-state index contributed by atoms with van der Waals surface area (Å²) in [7, 11) is 0. The number of hydrogen-bond donors (Lipinski definition) is 1. The minimum atomic E-state index is -0.231. The number of aliphatic imine (C=N–C) groups is 2. The van der Waals surface area contributed by atoms with Crippen LogP contribution in [0.15, 0.2) is 33.5 Å². The summed E-state index contributed by atoms with van der Waals surface area (Å²) in [6, 6.07) is 0.318. The molecule has 7 heteroatoms. The number of esters is 1. The van der Waals surface area contributed by atoms with E-state index in [0.717, 1.165) is 41.9 Å². The monoisotopic (exact) mass is 374 g/mol. The zero-order valence-corrected chi connectivity index (χ0v) is 16.1. The van der Waals surface area contributed by atoms with Gasteiger partial charge >= 0.3 is 5.97 Å². The van der Waals surface area contributed by atoms with E-state index < -0.39 is 0 Å². The van der Waals surface area contributed by atoms with Crippen molar-refractivity contribution in [3.63, 3.8) is 0 Å². The number of allylic oxidation sites excluding steroid dienone is 1. The summed E-state index contributed by atoms with van der Waals surface area (Å²) in [6.45, 7) is 3.45. The second-order valence-electron chi connectivity index (χ2n) is 7.10. The van der Waals surface area contributed by atoms with Crippen LogP contribution in [0.25, 0.3) is 0 Å². The number of carbonyl (C=O) groups excluding carboxylic acids is 1. The summed E-state index contributed by atoms with van der Waals surface area (Å²) in [4.78, 5) is 23.7. The van der Waals surface area contributed by atoms with Crippen molar-refractivity contribution in [2.75, 3.05) is 19.7 Å². The molecule has 1 N–H and O–H groups in total. The zero-order valence-electron chi connectivity index (χ0n) is 15.2. The SMILES string of the molecule is CCOC(=O)C1=C2CC(NSC3CCCC3)CN2C(C2=NC=CC2)=NC1. The van der Waals surface area contributed by atoms with Crippen LogP contribution in [0.2, 0.25) is 0 Å². The van der Waals surface area contributed by atoms with E-state index in [1.807, 2.05) is 31.1 Å². The van der Waals surface area contributed by atoms with Crippen molar-refractivity contribution >= 4 is 29.5 Å². The molecule has 0 spiro atoms. The van der Waals surface area contributed by atoms with E-state index in [9.17, 15) is 4.79 Å². The first-order chi connectivity index (χ1) is 12.8. The Morgan fingerprint density at radius 1 is 1.42 bits per heavy atom. The minimum absolute atomic E-state index is 0.231. The first kappa shape index (κ1) is 17.8. The summed E-state index contributed by atoms with van der Waals surface area (Å²) in [5.41, 5.74) is 2.76. The number of amidine groups is 1. The number of fused-ring (bicyclic) bond motifs is 1. The fraction of sp³-hybridized carbons (Fsp3) is 0.632. The third-order valence-electron chi connectivity index (χ3n) is 5.29. The van der Waals surface area contributed by atoms with E-state index in [0.29, 0.717) is 24.8 Å². The van der Waals surface area contributed by atoms with Gasteiger partial charge in [0.05, 0.1) is 24.4 Å². The number of ether oxygens (including phenoxy) is 1. The van der Waals surface area contributed by atoms with Crippen LogP contribution in [-0.4, -0.2) is 53.4 Å². The molecule has 140 valence electrons. The number of hydrogen-bond acceptors (Lipinski definition) is 7. The molecule has 0 bridgehead atoms. The van der Waals surface area contributed by atoms with Gasteiger partial charge in [-0.1, -0.05) is 30.9 Å². The van der Waals surface area contributed by atoms with Crippen molar-refractivity contribution in [3.8, 4) is 0 Å². The average molecular weight is 375 g/mol. The quantitative estimate of drug-likeness (QED) is 0.572. The molecule has 0 radical (unpaired) electrons. The molecule has 1 atom stereocenters. The van der Waals surface area contributed by atoms with Crippen LogP contribution < -0.4 is 4.72 Å². The van der Waals surface area contributed by atoms with Crippen molar-refractivity contribution in [1.29, 1.82) is 0 Å². The highest BCUT2D eigenvalue weighted by molar-refractivity contribution is 7.98. The maximum atomic E-state index is 12.4. The first-order valence-electron chi connectivity index (χ1n) is 9.60. The lowest BCUT2D eigenvalue weighted by Gasteiger charge is -2.28. The third-order valence-corrected chi connectivity index (χ3v) is 6.56. The molecule has 6 nitrogen and oxygen atoms in total. The average Bonchev–Trinajstić information content (AvgIpc) is 3.40. The highest BCUT2D eigenvalue weighted by Gasteiger charge is 2.38. The van der Waals surface area contributed by atoms with Gasteiger partial charge in [-0.25, -0.2) is 4.79 Å². The third kappa shape index (κ3) is 3.60. The Balaban J connectivity index is 1.50. The van der Waals surface area contributed by atoms with Crippen molar-refractivity contribution in [1.82, 2.24) is 9.62 Å². The predicted molar refractivity (Wildman–Crippen MR) is 105 cm³/mol. The standard InChI is InChI=1S/C19H26N4O2S/c1-2-25-19(24)15-11-21-18(16-8-5-9-20-16)23-12-13(10-17(15)23)22-26-14-6-3-4-7-14/h5,9,13-14,22H,2-4,6-8,10-12H2,1H3. The Hall–Kier alpha value is -1.60. The molecule has 1 unspecified atom stereocenters. The maximum Gasteiger partial charge on any atom is 0.337 e. The second-order valence-corrected chi connectivity index (χ2v) is 8.24. The molecule has 4 rings (SSSR count). The van der Waals surface area contributed by atoms with E-state index in [2.05, 4.69) is 19.6 Å². The van der Waals surface area contributed by atoms with Gasteiger partial charge in [0.25, 0.3) is 0 Å². The molecule has 0 aromatic heterocycles. The molecule has 0 aromatic rings. The molecule has 1 aliphatic carbocycles. The summed E-state index contributed by atoms with van der Waals surface area (Å²) in [6.07, 6.45) is 10.8. The van der Waals surface area contributed by atoms with E-state index in [1.54, 1.807) is 0 Å². The Morgan fingerprint density at radius 3 is 3.00 bits per heavy atom. The molecule has 1 saturated heterocycles. The Morgan fingerprint density at radius 2 is 2.27 bits per heavy atom. The summed E-state index contributed by atoms with van der Waals surface area (Å²) >= 11 is 1.88. The second kappa shape index (κ2) is 7.96. The van der Waals surface area contributed by atoms with Crippen LogP contribution in [0.1, 0.15) is 45.4 Å². The topological polar surface area (TPSA) is 66.3 Å². The molecule has 0 amide bonds. The lowest BCUT2D eigenvalue weighted by Crippen LogP contribution is -2.39. The van der Waals surface area contributed by atoms with Gasteiger partial charge in [0.1, 0.15) is 0 Å². The molecule has 1 saturated carbocycles. The van der Waals surface area contributed by atoms with Crippen molar-refractivity contribution in [2.24, 2.45) is 9.98 Å². The fourth-order valence-corrected chi connectivity index (χ4v) is 5.12. The van der Waals surface area contributed by atoms with Crippen molar-refractivity contribution in [2.45, 2.75) is 56.7 Å². The zero-order chi connectivity index (χ0) is 17.9. The van der Waals surface area contributed by atoms with Gasteiger partial charge in [0.15, 0.2) is 5.84 Å². The van der Waals surface area contributed by atoms with E-state index in [-0.39, 0.29) is 5.97 Å². The van der Waals surface area contributed by atoms with Gasteiger partial charge in [0.2, 0.25) is 0 Å². The molecule has 2 fully saturated rings. The molecule has 26 heavy (non-hydrogen) atoms. The summed E-state index contributed by atoms with van der Waals surface area (Å²) in [5.74, 6) is 0.694.